The first-order chi connectivity index (χ1) is 14.3. The van der Waals surface area contributed by atoms with Gasteiger partial charge in [0.2, 0.25) is 0 Å². The number of ether oxygens (including phenoxy) is 2. The van der Waals surface area contributed by atoms with Crippen molar-refractivity contribution in [2.45, 2.75) is 12.8 Å². The molecule has 2 heterocycles. The predicted molar refractivity (Wildman–Crippen MR) is 105 cm³/mol. The van der Waals surface area contributed by atoms with E-state index in [4.69, 9.17) is 4.74 Å². The van der Waals surface area contributed by atoms with E-state index in [1.165, 1.54) is 42.9 Å². The molecule has 1 aromatic carbocycles. The molecule has 0 unspecified atom stereocenters. The lowest BCUT2D eigenvalue weighted by Gasteiger charge is -2.11. The first kappa shape index (κ1) is 21.4. The Morgan fingerprint density at radius 1 is 1.17 bits per heavy atom. The van der Waals surface area contributed by atoms with E-state index in [1.807, 2.05) is 0 Å². The van der Waals surface area contributed by atoms with Crippen molar-refractivity contribution < 1.29 is 27.4 Å². The van der Waals surface area contributed by atoms with Gasteiger partial charge in [-0.15, -0.1) is 13.2 Å². The minimum Gasteiger partial charge on any atom is -0.494 e. The smallest absolute Gasteiger partial charge is 0.494 e. The summed E-state index contributed by atoms with van der Waals surface area (Å²) >= 11 is 1.28. The summed E-state index contributed by atoms with van der Waals surface area (Å²) in [6.07, 6.45) is -2.68. The molecule has 0 radical (unpaired) electrons. The highest BCUT2D eigenvalue weighted by atomic mass is 32.1. The first-order valence-electron chi connectivity index (χ1n) is 8.68. The monoisotopic (exact) mass is 438 g/mol. The second-order valence-electron chi connectivity index (χ2n) is 5.98. The van der Waals surface area contributed by atoms with Crippen LogP contribution >= 0.6 is 11.5 Å². The van der Waals surface area contributed by atoms with Crippen LogP contribution in [0.5, 0.6) is 11.5 Å². The Bertz CT molecular complexity index is 980. The van der Waals surface area contributed by atoms with Gasteiger partial charge in [0.25, 0.3) is 5.91 Å². The van der Waals surface area contributed by atoms with Crippen molar-refractivity contribution in [2.75, 3.05) is 19.0 Å². The van der Waals surface area contributed by atoms with Gasteiger partial charge >= 0.3 is 6.36 Å². The van der Waals surface area contributed by atoms with Crippen LogP contribution in [-0.2, 0) is 6.42 Å². The first-order valence-corrected chi connectivity index (χ1v) is 9.52. The van der Waals surface area contributed by atoms with Gasteiger partial charge in [-0.05, 0) is 47.8 Å². The zero-order valence-corrected chi connectivity index (χ0v) is 16.5. The van der Waals surface area contributed by atoms with Gasteiger partial charge in [0, 0.05) is 11.9 Å². The molecule has 0 spiro atoms. The molecular weight excluding hydrogens is 421 g/mol. The number of rotatable bonds is 8. The molecule has 7 nitrogen and oxygen atoms in total. The summed E-state index contributed by atoms with van der Waals surface area (Å²) in [5.74, 6) is 0.0434. The van der Waals surface area contributed by atoms with Crippen LogP contribution in [0.1, 0.15) is 16.1 Å². The lowest BCUT2D eigenvalue weighted by molar-refractivity contribution is -0.274. The van der Waals surface area contributed by atoms with Gasteiger partial charge in [0.05, 0.1) is 19.0 Å². The zero-order valence-electron chi connectivity index (χ0n) is 15.7. The number of hydrogen-bond acceptors (Lipinski definition) is 7. The van der Waals surface area contributed by atoms with Gasteiger partial charge in [0.15, 0.2) is 5.69 Å². The summed E-state index contributed by atoms with van der Waals surface area (Å²) in [4.78, 5) is 16.8. The van der Waals surface area contributed by atoms with Crippen LogP contribution in [0.2, 0.25) is 0 Å². The molecule has 0 aliphatic heterocycles. The molecule has 0 atom stereocenters. The molecule has 158 valence electrons. The van der Waals surface area contributed by atoms with E-state index in [0.717, 1.165) is 11.3 Å². The number of aromatic nitrogens is 2. The average molecular weight is 438 g/mol. The van der Waals surface area contributed by atoms with Crippen LogP contribution in [0.25, 0.3) is 0 Å². The number of carbonyl (C=O) groups excluding carboxylic acids is 1. The van der Waals surface area contributed by atoms with E-state index in [9.17, 15) is 18.0 Å². The summed E-state index contributed by atoms with van der Waals surface area (Å²) in [6.45, 7) is 0.259. The van der Waals surface area contributed by atoms with Crippen LogP contribution in [0.4, 0.5) is 24.7 Å². The van der Waals surface area contributed by atoms with Crippen molar-refractivity contribution in [1.29, 1.82) is 0 Å². The number of anilines is 2. The van der Waals surface area contributed by atoms with Crippen LogP contribution in [0.15, 0.2) is 48.0 Å². The summed E-state index contributed by atoms with van der Waals surface area (Å²) in [7, 11) is 1.44. The molecule has 30 heavy (non-hydrogen) atoms. The van der Waals surface area contributed by atoms with Gasteiger partial charge in [-0.25, -0.2) is 4.98 Å². The topological polar surface area (TPSA) is 85.4 Å². The third-order valence-electron chi connectivity index (χ3n) is 3.85. The Balaban J connectivity index is 1.58. The van der Waals surface area contributed by atoms with Crippen molar-refractivity contribution in [1.82, 2.24) is 14.7 Å². The number of nitrogens with one attached hydrogen (secondary N) is 2. The van der Waals surface area contributed by atoms with E-state index < -0.39 is 12.3 Å². The molecule has 0 saturated heterocycles. The van der Waals surface area contributed by atoms with Crippen molar-refractivity contribution >= 4 is 28.9 Å². The van der Waals surface area contributed by atoms with Gasteiger partial charge in [-0.2, -0.15) is 4.37 Å². The number of hydrogen-bond donors (Lipinski definition) is 2. The number of pyridine rings is 1. The summed E-state index contributed by atoms with van der Waals surface area (Å²) in [6, 6.07) is 8.77. The van der Waals surface area contributed by atoms with Crippen molar-refractivity contribution in [3.63, 3.8) is 0 Å². The quantitative estimate of drug-likeness (QED) is 0.549. The second-order valence-corrected chi connectivity index (χ2v) is 6.64. The Morgan fingerprint density at radius 3 is 2.57 bits per heavy atom. The second kappa shape index (κ2) is 9.44. The fourth-order valence-electron chi connectivity index (χ4n) is 2.52. The number of methoxy groups -OCH3 is 1. The highest BCUT2D eigenvalue weighted by Gasteiger charge is 2.30. The molecule has 0 aliphatic rings. The van der Waals surface area contributed by atoms with E-state index in [2.05, 4.69) is 24.7 Å². The maximum atomic E-state index is 12.5. The van der Waals surface area contributed by atoms with Crippen LogP contribution in [-0.4, -0.2) is 35.3 Å². The molecule has 0 aliphatic carbocycles. The zero-order chi connectivity index (χ0) is 21.6. The van der Waals surface area contributed by atoms with Crippen LogP contribution in [0.3, 0.4) is 0 Å². The molecule has 2 aromatic heterocycles. The SMILES string of the molecule is COc1ccc(Nc2cnsc2)nc1C(=O)NCCc1ccc(OC(F)(F)F)cc1. The Kier molecular flexibility index (Phi) is 6.72. The molecule has 2 N–H and O–H groups in total. The number of benzene rings is 1. The Labute approximate surface area is 174 Å². The fraction of sp³-hybridized carbons (Fsp3) is 0.211. The Morgan fingerprint density at radius 2 is 1.93 bits per heavy atom. The number of carbonyl (C=O) groups is 1. The molecule has 1 amide bonds. The molecular formula is C19H17F3N4O3S. The maximum absolute atomic E-state index is 12.5. The Hall–Kier alpha value is -3.34. The molecule has 0 bridgehead atoms. The summed E-state index contributed by atoms with van der Waals surface area (Å²) in [5.41, 5.74) is 1.60. The highest BCUT2D eigenvalue weighted by molar-refractivity contribution is 7.04. The van der Waals surface area contributed by atoms with Gasteiger partial charge in [0.1, 0.15) is 17.3 Å². The number of nitrogens with zero attached hydrogens (tertiary/aromatic N) is 2. The predicted octanol–water partition coefficient (Wildman–Crippen LogP) is 4.16. The number of halogens is 3. The van der Waals surface area contributed by atoms with Crippen molar-refractivity contribution in [3.8, 4) is 11.5 Å². The van der Waals surface area contributed by atoms with Gasteiger partial charge in [-0.3, -0.25) is 4.79 Å². The van der Waals surface area contributed by atoms with Crippen molar-refractivity contribution in [3.05, 3.63) is 59.2 Å². The molecule has 0 saturated carbocycles. The van der Waals surface area contributed by atoms with E-state index in [-0.39, 0.29) is 18.0 Å². The molecule has 3 aromatic rings. The minimum atomic E-state index is -4.73. The van der Waals surface area contributed by atoms with E-state index >= 15 is 0 Å². The van der Waals surface area contributed by atoms with Crippen LogP contribution < -0.4 is 20.1 Å². The van der Waals surface area contributed by atoms with Crippen molar-refractivity contribution in [2.24, 2.45) is 0 Å². The maximum Gasteiger partial charge on any atom is 0.573 e. The lowest BCUT2D eigenvalue weighted by Crippen LogP contribution is -2.27. The largest absolute Gasteiger partial charge is 0.573 e. The standard InChI is InChI=1S/C19H17F3N4O3S/c1-28-15-6-7-16(25-13-10-24-30-11-13)26-17(15)18(27)23-9-8-12-2-4-14(5-3-12)29-19(20,21)22/h2-7,10-11H,8-9H2,1H3,(H,23,27)(H,25,26). The van der Waals surface area contributed by atoms with Crippen LogP contribution in [0, 0.1) is 0 Å². The van der Waals surface area contributed by atoms with E-state index in [1.54, 1.807) is 23.7 Å². The molecule has 0 fully saturated rings. The van der Waals surface area contributed by atoms with Gasteiger partial charge in [-0.1, -0.05) is 12.1 Å². The fourth-order valence-corrected chi connectivity index (χ4v) is 2.99. The summed E-state index contributed by atoms with van der Waals surface area (Å²) < 4.78 is 49.6. The van der Waals surface area contributed by atoms with E-state index in [0.29, 0.717) is 18.0 Å². The third kappa shape index (κ3) is 6.08. The highest BCUT2D eigenvalue weighted by Crippen LogP contribution is 2.23. The molecule has 11 heteroatoms. The number of amides is 1. The third-order valence-corrected chi connectivity index (χ3v) is 4.44. The van der Waals surface area contributed by atoms with Gasteiger partial charge < -0.3 is 20.1 Å². The minimum absolute atomic E-state index is 0.111. The number of alkyl halides is 3. The molecule has 3 rings (SSSR count). The normalized spacial score (nSPS) is 11.1. The summed E-state index contributed by atoms with van der Waals surface area (Å²) in [5, 5.41) is 7.58. The average Bonchev–Trinajstić information content (AvgIpc) is 3.21. The lowest BCUT2D eigenvalue weighted by atomic mass is 10.1.